The van der Waals surface area contributed by atoms with Crippen molar-refractivity contribution in [3.63, 3.8) is 0 Å². The van der Waals surface area contributed by atoms with Crippen molar-refractivity contribution in [2.45, 2.75) is 39.2 Å². The Balaban J connectivity index is 1.64. The van der Waals surface area contributed by atoms with Gasteiger partial charge in [-0.05, 0) is 36.2 Å². The number of nitrogens with zero attached hydrogens (tertiary/aromatic N) is 1. The van der Waals surface area contributed by atoms with Gasteiger partial charge in [-0.25, -0.2) is 0 Å². The fourth-order valence-electron chi connectivity index (χ4n) is 3.23. The van der Waals surface area contributed by atoms with E-state index in [1.165, 1.54) is 11.3 Å². The first kappa shape index (κ1) is 18.8. The predicted molar refractivity (Wildman–Crippen MR) is 104 cm³/mol. The molecule has 0 unspecified atom stereocenters. The molecule has 3 rings (SSSR count). The van der Waals surface area contributed by atoms with Gasteiger partial charge in [-0.2, -0.15) is 0 Å². The number of rotatable bonds is 8. The minimum absolute atomic E-state index is 0.129. The summed E-state index contributed by atoms with van der Waals surface area (Å²) in [5.74, 6) is -0.710. The average Bonchev–Trinajstić information content (AvgIpc) is 2.93. The van der Waals surface area contributed by atoms with Gasteiger partial charge in [0.05, 0.1) is 17.7 Å². The molecular weight excluding hydrogens is 340 g/mol. The number of hydrogen-bond acceptors (Lipinski definition) is 3. The molecule has 1 aliphatic rings. The summed E-state index contributed by atoms with van der Waals surface area (Å²) in [5, 5.41) is 2.92. The van der Waals surface area contributed by atoms with E-state index in [4.69, 9.17) is 0 Å². The zero-order valence-electron chi connectivity index (χ0n) is 15.5. The third kappa shape index (κ3) is 4.25. The van der Waals surface area contributed by atoms with E-state index in [1.54, 1.807) is 42.5 Å². The van der Waals surface area contributed by atoms with E-state index in [1.807, 2.05) is 6.07 Å². The Labute approximate surface area is 159 Å². The SMILES string of the molecule is CCCCCCNC(=O)c1cccc(CN2C(=O)c3ccccc3C2=O)c1. The van der Waals surface area contributed by atoms with Gasteiger partial charge >= 0.3 is 0 Å². The molecule has 0 fully saturated rings. The number of fused-ring (bicyclic) bond motifs is 1. The lowest BCUT2D eigenvalue weighted by Gasteiger charge is -2.14. The highest BCUT2D eigenvalue weighted by Gasteiger charge is 2.34. The fourth-order valence-corrected chi connectivity index (χ4v) is 3.23. The van der Waals surface area contributed by atoms with Crippen LogP contribution < -0.4 is 5.32 Å². The smallest absolute Gasteiger partial charge is 0.261 e. The highest BCUT2D eigenvalue weighted by atomic mass is 16.2. The molecule has 2 aromatic rings. The number of amides is 3. The van der Waals surface area contributed by atoms with E-state index in [9.17, 15) is 14.4 Å². The molecule has 2 aromatic carbocycles. The molecule has 0 spiro atoms. The van der Waals surface area contributed by atoms with Crippen LogP contribution in [0.2, 0.25) is 0 Å². The van der Waals surface area contributed by atoms with Gasteiger partial charge in [-0.15, -0.1) is 0 Å². The van der Waals surface area contributed by atoms with E-state index in [0.717, 1.165) is 24.8 Å². The summed E-state index contributed by atoms with van der Waals surface area (Å²) < 4.78 is 0. The van der Waals surface area contributed by atoms with Crippen molar-refractivity contribution in [3.05, 3.63) is 70.8 Å². The van der Waals surface area contributed by atoms with Crippen LogP contribution in [-0.2, 0) is 6.54 Å². The van der Waals surface area contributed by atoms with Crippen LogP contribution in [0, 0.1) is 0 Å². The van der Waals surface area contributed by atoms with Crippen LogP contribution in [0.4, 0.5) is 0 Å². The van der Waals surface area contributed by atoms with Crippen molar-refractivity contribution >= 4 is 17.7 Å². The Morgan fingerprint density at radius 1 is 0.926 bits per heavy atom. The number of hydrogen-bond donors (Lipinski definition) is 1. The number of carbonyl (C=O) groups is 3. The minimum Gasteiger partial charge on any atom is -0.352 e. The Morgan fingerprint density at radius 3 is 2.30 bits per heavy atom. The quantitative estimate of drug-likeness (QED) is 0.572. The number of imide groups is 1. The molecule has 1 N–H and O–H groups in total. The van der Waals surface area contributed by atoms with Gasteiger partial charge in [0, 0.05) is 12.1 Å². The fraction of sp³-hybridized carbons (Fsp3) is 0.318. The van der Waals surface area contributed by atoms with Gasteiger partial charge in [0.1, 0.15) is 0 Å². The van der Waals surface area contributed by atoms with Crippen LogP contribution >= 0.6 is 0 Å². The van der Waals surface area contributed by atoms with Gasteiger partial charge < -0.3 is 5.32 Å². The van der Waals surface area contributed by atoms with Crippen LogP contribution in [0.15, 0.2) is 48.5 Å². The van der Waals surface area contributed by atoms with Crippen molar-refractivity contribution in [1.29, 1.82) is 0 Å². The second-order valence-corrected chi connectivity index (χ2v) is 6.76. The summed E-state index contributed by atoms with van der Waals surface area (Å²) in [4.78, 5) is 38.5. The maximum absolute atomic E-state index is 12.5. The molecule has 0 bridgehead atoms. The molecule has 27 heavy (non-hydrogen) atoms. The highest BCUT2D eigenvalue weighted by molar-refractivity contribution is 6.21. The van der Waals surface area contributed by atoms with Crippen LogP contribution in [0.3, 0.4) is 0 Å². The van der Waals surface area contributed by atoms with Crippen molar-refractivity contribution < 1.29 is 14.4 Å². The number of unbranched alkanes of at least 4 members (excludes halogenated alkanes) is 3. The summed E-state index contributed by atoms with van der Waals surface area (Å²) in [6.07, 6.45) is 4.41. The topological polar surface area (TPSA) is 66.5 Å². The normalized spacial score (nSPS) is 13.0. The monoisotopic (exact) mass is 364 g/mol. The zero-order valence-corrected chi connectivity index (χ0v) is 15.5. The lowest BCUT2D eigenvalue weighted by atomic mass is 10.1. The molecule has 1 heterocycles. The first-order valence-electron chi connectivity index (χ1n) is 9.44. The first-order chi connectivity index (χ1) is 13.1. The van der Waals surface area contributed by atoms with Gasteiger partial charge in [0.15, 0.2) is 0 Å². The second kappa shape index (κ2) is 8.62. The Hall–Kier alpha value is -2.95. The molecular formula is C22H24N2O3. The van der Waals surface area contributed by atoms with Crippen LogP contribution in [-0.4, -0.2) is 29.2 Å². The maximum Gasteiger partial charge on any atom is 0.261 e. The van der Waals surface area contributed by atoms with Gasteiger partial charge in [-0.1, -0.05) is 50.5 Å². The van der Waals surface area contributed by atoms with Gasteiger partial charge in [0.2, 0.25) is 0 Å². The van der Waals surface area contributed by atoms with Crippen molar-refractivity contribution in [2.75, 3.05) is 6.54 Å². The molecule has 1 aliphatic heterocycles. The summed E-state index contributed by atoms with van der Waals surface area (Å²) >= 11 is 0. The van der Waals surface area contributed by atoms with E-state index in [-0.39, 0.29) is 24.3 Å². The lowest BCUT2D eigenvalue weighted by Crippen LogP contribution is -2.29. The second-order valence-electron chi connectivity index (χ2n) is 6.76. The molecule has 140 valence electrons. The molecule has 0 aliphatic carbocycles. The molecule has 5 heteroatoms. The van der Waals surface area contributed by atoms with Gasteiger partial charge in [0.25, 0.3) is 17.7 Å². The Bertz CT molecular complexity index is 825. The van der Waals surface area contributed by atoms with Crippen LogP contribution in [0.25, 0.3) is 0 Å². The van der Waals surface area contributed by atoms with E-state index in [2.05, 4.69) is 12.2 Å². The molecule has 0 saturated carbocycles. The Morgan fingerprint density at radius 2 is 1.63 bits per heavy atom. The standard InChI is InChI=1S/C22H24N2O3/c1-2-3-4-7-13-23-20(25)17-10-8-9-16(14-17)15-24-21(26)18-11-5-6-12-19(18)22(24)27/h5-6,8-12,14H,2-4,7,13,15H2,1H3,(H,23,25). The van der Waals surface area contributed by atoms with Crippen molar-refractivity contribution in [1.82, 2.24) is 10.2 Å². The summed E-state index contributed by atoms with van der Waals surface area (Å²) in [5.41, 5.74) is 2.16. The molecule has 0 radical (unpaired) electrons. The summed E-state index contributed by atoms with van der Waals surface area (Å²) in [7, 11) is 0. The first-order valence-corrected chi connectivity index (χ1v) is 9.44. The summed E-state index contributed by atoms with van der Waals surface area (Å²) in [6.45, 7) is 2.96. The minimum atomic E-state index is -0.290. The van der Waals surface area contributed by atoms with E-state index < -0.39 is 0 Å². The predicted octanol–water partition coefficient (Wildman–Crippen LogP) is 3.79. The van der Waals surface area contributed by atoms with Crippen molar-refractivity contribution in [3.8, 4) is 0 Å². The van der Waals surface area contributed by atoms with E-state index in [0.29, 0.717) is 23.2 Å². The van der Waals surface area contributed by atoms with Crippen LogP contribution in [0.5, 0.6) is 0 Å². The number of benzene rings is 2. The Kier molecular flexibility index (Phi) is 6.01. The largest absolute Gasteiger partial charge is 0.352 e. The van der Waals surface area contributed by atoms with Crippen LogP contribution in [0.1, 0.15) is 69.2 Å². The van der Waals surface area contributed by atoms with Crippen molar-refractivity contribution in [2.24, 2.45) is 0 Å². The third-order valence-electron chi connectivity index (χ3n) is 4.72. The molecule has 5 nitrogen and oxygen atoms in total. The average molecular weight is 364 g/mol. The number of carbonyl (C=O) groups excluding carboxylic acids is 3. The summed E-state index contributed by atoms with van der Waals surface area (Å²) in [6, 6.07) is 13.9. The third-order valence-corrected chi connectivity index (χ3v) is 4.72. The van der Waals surface area contributed by atoms with E-state index >= 15 is 0 Å². The molecule has 0 saturated heterocycles. The lowest BCUT2D eigenvalue weighted by molar-refractivity contribution is 0.0642. The van der Waals surface area contributed by atoms with Gasteiger partial charge in [-0.3, -0.25) is 19.3 Å². The number of nitrogens with one attached hydrogen (secondary N) is 1. The zero-order chi connectivity index (χ0) is 19.2. The highest BCUT2D eigenvalue weighted by Crippen LogP contribution is 2.24. The molecule has 0 atom stereocenters. The maximum atomic E-state index is 12.5. The molecule has 0 aromatic heterocycles. The molecule has 3 amide bonds.